The molecular formula is C22H20ClF2N3O4. The summed E-state index contributed by atoms with van der Waals surface area (Å²) in [5.41, 5.74) is -1.60. The number of aromatic hydroxyl groups is 1. The van der Waals surface area contributed by atoms with Crippen LogP contribution in [0.3, 0.4) is 0 Å². The Hall–Kier alpha value is -2.94. The Morgan fingerprint density at radius 2 is 2.00 bits per heavy atom. The number of hydrogen-bond donors (Lipinski definition) is 2. The Morgan fingerprint density at radius 3 is 2.72 bits per heavy atom. The Kier molecular flexibility index (Phi) is 4.77. The molecule has 7 nitrogen and oxygen atoms in total. The van der Waals surface area contributed by atoms with Gasteiger partial charge in [0.2, 0.25) is 5.43 Å². The minimum atomic E-state index is -0.983. The summed E-state index contributed by atoms with van der Waals surface area (Å²) in [6.45, 7) is 2.10. The van der Waals surface area contributed by atoms with E-state index in [0.29, 0.717) is 24.4 Å². The van der Waals surface area contributed by atoms with Crippen molar-refractivity contribution in [3.63, 3.8) is 0 Å². The molecule has 1 aliphatic carbocycles. The fraction of sp³-hybridized carbons (Fsp3) is 0.409. The third kappa shape index (κ3) is 2.94. The molecule has 10 heteroatoms. The van der Waals surface area contributed by atoms with Crippen LogP contribution in [0.4, 0.5) is 8.78 Å². The van der Waals surface area contributed by atoms with Crippen molar-refractivity contribution in [2.75, 3.05) is 0 Å². The van der Waals surface area contributed by atoms with Gasteiger partial charge in [0.05, 0.1) is 11.1 Å². The summed E-state index contributed by atoms with van der Waals surface area (Å²) < 4.78 is 28.7. The van der Waals surface area contributed by atoms with E-state index in [-0.39, 0.29) is 40.5 Å². The molecule has 2 amide bonds. The second-order valence-corrected chi connectivity index (χ2v) is 9.11. The third-order valence-electron chi connectivity index (χ3n) is 7.14. The van der Waals surface area contributed by atoms with Gasteiger partial charge in [0.25, 0.3) is 11.8 Å². The lowest BCUT2D eigenvalue weighted by molar-refractivity contribution is 0.0479. The van der Waals surface area contributed by atoms with E-state index in [0.717, 1.165) is 18.9 Å². The zero-order valence-corrected chi connectivity index (χ0v) is 17.8. The van der Waals surface area contributed by atoms with Crippen molar-refractivity contribution in [3.8, 4) is 5.75 Å². The molecule has 3 heterocycles. The van der Waals surface area contributed by atoms with Gasteiger partial charge in [0.1, 0.15) is 17.2 Å². The Labute approximate surface area is 186 Å². The van der Waals surface area contributed by atoms with Gasteiger partial charge in [-0.3, -0.25) is 14.4 Å². The monoisotopic (exact) mass is 463 g/mol. The van der Waals surface area contributed by atoms with Crippen LogP contribution in [0, 0.1) is 23.5 Å². The lowest BCUT2D eigenvalue weighted by Crippen LogP contribution is -2.52. The van der Waals surface area contributed by atoms with Gasteiger partial charge in [-0.1, -0.05) is 18.5 Å². The number of carbonyl (C=O) groups excluding carboxylic acids is 2. The topological polar surface area (TPSA) is 91.6 Å². The van der Waals surface area contributed by atoms with Crippen LogP contribution in [0.15, 0.2) is 23.1 Å². The van der Waals surface area contributed by atoms with Crippen molar-refractivity contribution in [3.05, 3.63) is 62.0 Å². The highest BCUT2D eigenvalue weighted by atomic mass is 35.5. The molecule has 1 aromatic heterocycles. The van der Waals surface area contributed by atoms with Crippen LogP contribution in [0.5, 0.6) is 5.75 Å². The fourth-order valence-corrected chi connectivity index (χ4v) is 5.86. The number of benzene rings is 1. The number of piperidine rings is 1. The highest BCUT2D eigenvalue weighted by Gasteiger charge is 2.55. The van der Waals surface area contributed by atoms with E-state index in [1.54, 1.807) is 4.90 Å². The van der Waals surface area contributed by atoms with Crippen molar-refractivity contribution in [2.45, 2.75) is 44.9 Å². The van der Waals surface area contributed by atoms with E-state index >= 15 is 0 Å². The molecule has 2 N–H and O–H groups in total. The van der Waals surface area contributed by atoms with Gasteiger partial charge in [-0.15, -0.1) is 0 Å². The first kappa shape index (κ1) is 20.9. The maximum Gasteiger partial charge on any atom is 0.275 e. The minimum Gasteiger partial charge on any atom is -0.503 e. The number of fused-ring (bicyclic) bond motifs is 6. The molecule has 1 saturated heterocycles. The quantitative estimate of drug-likeness (QED) is 0.732. The number of hydrogen-bond acceptors (Lipinski definition) is 4. The molecule has 1 aromatic carbocycles. The van der Waals surface area contributed by atoms with Crippen molar-refractivity contribution >= 4 is 23.4 Å². The number of halogens is 3. The first-order chi connectivity index (χ1) is 15.2. The lowest BCUT2D eigenvalue weighted by atomic mass is 9.92. The van der Waals surface area contributed by atoms with E-state index < -0.39 is 34.6 Å². The lowest BCUT2D eigenvalue weighted by Gasteiger charge is -2.40. The standard InChI is InChI=1S/C22H20ClF2N3O4/c1-9-11-2-3-16(9)28-17(11)8-27-7-13(19(29)20(30)18(27)22(28)32)21(31)26-6-12-14(23)4-10(24)5-15(12)25/h4-5,7,9,11,16-17,30H,2-3,6,8H2,1H3,(H,26,31)/t9-,11+,16-,17-/m0/s1. The second-order valence-electron chi connectivity index (χ2n) is 8.70. The fourth-order valence-electron chi connectivity index (χ4n) is 5.60. The van der Waals surface area contributed by atoms with E-state index in [1.165, 1.54) is 10.8 Å². The molecule has 168 valence electrons. The van der Waals surface area contributed by atoms with E-state index in [2.05, 4.69) is 12.2 Å². The highest BCUT2D eigenvalue weighted by molar-refractivity contribution is 6.31. The maximum atomic E-state index is 14.0. The van der Waals surface area contributed by atoms with Gasteiger partial charge in [0.15, 0.2) is 11.4 Å². The second kappa shape index (κ2) is 7.30. The Bertz CT molecular complexity index is 1210. The molecule has 1 saturated carbocycles. The van der Waals surface area contributed by atoms with Gasteiger partial charge in [0, 0.05) is 37.0 Å². The molecule has 5 rings (SSSR count). The van der Waals surface area contributed by atoms with Crippen molar-refractivity contribution in [1.29, 1.82) is 0 Å². The van der Waals surface area contributed by atoms with Crippen molar-refractivity contribution < 1.29 is 23.5 Å². The molecule has 0 spiro atoms. The molecule has 2 fully saturated rings. The Balaban J connectivity index is 1.45. The molecule has 2 aliphatic heterocycles. The number of amides is 2. The number of nitrogens with one attached hydrogen (secondary N) is 1. The zero-order valence-electron chi connectivity index (χ0n) is 17.1. The number of carbonyl (C=O) groups is 2. The summed E-state index contributed by atoms with van der Waals surface area (Å²) in [6.07, 6.45) is 3.18. The maximum absolute atomic E-state index is 14.0. The SMILES string of the molecule is C[C@H]1[C@H]2CC[C@@H]1N1C(=O)c3c(O)c(=O)c(C(=O)NCc4c(F)cc(F)cc4Cl)cn3C[C@@H]21. The number of nitrogens with zero attached hydrogens (tertiary/aromatic N) is 2. The van der Waals surface area contributed by atoms with Crippen LogP contribution >= 0.6 is 11.6 Å². The van der Waals surface area contributed by atoms with Crippen LogP contribution in [0.25, 0.3) is 0 Å². The largest absolute Gasteiger partial charge is 0.503 e. The molecule has 0 unspecified atom stereocenters. The zero-order chi connectivity index (χ0) is 22.9. The molecule has 2 bridgehead atoms. The van der Waals surface area contributed by atoms with Gasteiger partial charge in [-0.05, 0) is 30.7 Å². The molecule has 4 atom stereocenters. The van der Waals surface area contributed by atoms with Crippen molar-refractivity contribution in [1.82, 2.24) is 14.8 Å². The van der Waals surface area contributed by atoms with Crippen LogP contribution in [0.2, 0.25) is 5.02 Å². The third-order valence-corrected chi connectivity index (χ3v) is 7.48. The van der Waals surface area contributed by atoms with Gasteiger partial charge < -0.3 is 19.9 Å². The summed E-state index contributed by atoms with van der Waals surface area (Å²) in [4.78, 5) is 40.3. The summed E-state index contributed by atoms with van der Waals surface area (Å²) >= 11 is 5.85. The summed E-state index contributed by atoms with van der Waals surface area (Å²) in [6, 6.07) is 1.60. The van der Waals surface area contributed by atoms with E-state index in [9.17, 15) is 28.3 Å². The van der Waals surface area contributed by atoms with Crippen molar-refractivity contribution in [2.24, 2.45) is 11.8 Å². The van der Waals surface area contributed by atoms with Gasteiger partial charge in [-0.25, -0.2) is 8.78 Å². The Morgan fingerprint density at radius 1 is 1.25 bits per heavy atom. The van der Waals surface area contributed by atoms with Crippen LogP contribution in [-0.2, 0) is 13.1 Å². The van der Waals surface area contributed by atoms with Crippen LogP contribution in [-0.4, -0.2) is 38.5 Å². The summed E-state index contributed by atoms with van der Waals surface area (Å²) in [7, 11) is 0. The van der Waals surface area contributed by atoms with Crippen LogP contribution < -0.4 is 10.7 Å². The van der Waals surface area contributed by atoms with Gasteiger partial charge >= 0.3 is 0 Å². The summed E-state index contributed by atoms with van der Waals surface area (Å²) in [5.74, 6) is -3.16. The molecule has 32 heavy (non-hydrogen) atoms. The molecule has 3 aliphatic rings. The average Bonchev–Trinajstić information content (AvgIpc) is 3.22. The normalized spacial score (nSPS) is 25.6. The van der Waals surface area contributed by atoms with E-state index in [1.807, 2.05) is 0 Å². The van der Waals surface area contributed by atoms with E-state index in [4.69, 9.17) is 11.6 Å². The molecule has 0 radical (unpaired) electrons. The van der Waals surface area contributed by atoms with Crippen LogP contribution in [0.1, 0.15) is 46.2 Å². The van der Waals surface area contributed by atoms with Gasteiger partial charge in [-0.2, -0.15) is 0 Å². The number of rotatable bonds is 3. The highest BCUT2D eigenvalue weighted by Crippen LogP contribution is 2.49. The number of aromatic nitrogens is 1. The summed E-state index contributed by atoms with van der Waals surface area (Å²) in [5, 5.41) is 12.7. The molecule has 2 aromatic rings. The average molecular weight is 464 g/mol. The molecular weight excluding hydrogens is 444 g/mol. The minimum absolute atomic E-state index is 0.0475. The smallest absolute Gasteiger partial charge is 0.275 e. The predicted octanol–water partition coefficient (Wildman–Crippen LogP) is 2.67. The number of pyridine rings is 1. The first-order valence-electron chi connectivity index (χ1n) is 10.4. The predicted molar refractivity (Wildman–Crippen MR) is 111 cm³/mol. The first-order valence-corrected chi connectivity index (χ1v) is 10.8.